The van der Waals surface area contributed by atoms with Crippen LogP contribution in [0.15, 0.2) is 48.5 Å². The molecule has 0 aliphatic carbocycles. The Morgan fingerprint density at radius 2 is 1.65 bits per heavy atom. The number of ether oxygens (including phenoxy) is 1. The number of rotatable bonds is 5. The molecule has 2 aromatic carbocycles. The summed E-state index contributed by atoms with van der Waals surface area (Å²) in [4.78, 5) is 12.1. The summed E-state index contributed by atoms with van der Waals surface area (Å²) in [6.07, 6.45) is 0.376. The van der Waals surface area contributed by atoms with Crippen molar-refractivity contribution in [2.75, 3.05) is 0 Å². The maximum Gasteiger partial charge on any atom is 0.167 e. The molecule has 0 amide bonds. The van der Waals surface area contributed by atoms with E-state index >= 15 is 0 Å². The van der Waals surface area contributed by atoms with Gasteiger partial charge in [0.2, 0.25) is 0 Å². The van der Waals surface area contributed by atoms with Crippen LogP contribution in [0.5, 0.6) is 5.75 Å². The Morgan fingerprint density at radius 1 is 1.05 bits per heavy atom. The summed E-state index contributed by atoms with van der Waals surface area (Å²) in [5, 5.41) is 0. The lowest BCUT2D eigenvalue weighted by atomic mass is 10.0. The van der Waals surface area contributed by atoms with Crippen molar-refractivity contribution in [3.8, 4) is 5.75 Å². The minimum atomic E-state index is -0.295. The summed E-state index contributed by atoms with van der Waals surface area (Å²) in [6.45, 7) is 3.90. The van der Waals surface area contributed by atoms with Crippen molar-refractivity contribution >= 4 is 5.78 Å². The Morgan fingerprint density at radius 3 is 2.20 bits per heavy atom. The first-order valence-corrected chi connectivity index (χ1v) is 6.59. The van der Waals surface area contributed by atoms with Crippen molar-refractivity contribution in [1.82, 2.24) is 0 Å². The number of benzene rings is 2. The molecule has 0 N–H and O–H groups in total. The first kappa shape index (κ1) is 14.3. The van der Waals surface area contributed by atoms with Gasteiger partial charge in [0.1, 0.15) is 11.6 Å². The van der Waals surface area contributed by atoms with E-state index in [9.17, 15) is 9.18 Å². The molecule has 104 valence electrons. The van der Waals surface area contributed by atoms with E-state index in [1.54, 1.807) is 36.4 Å². The van der Waals surface area contributed by atoms with Gasteiger partial charge in [0, 0.05) is 12.0 Å². The van der Waals surface area contributed by atoms with Crippen LogP contribution in [0.2, 0.25) is 0 Å². The highest BCUT2D eigenvalue weighted by Crippen LogP contribution is 2.15. The van der Waals surface area contributed by atoms with Crippen LogP contribution in [0, 0.1) is 5.82 Å². The zero-order valence-electron chi connectivity index (χ0n) is 11.6. The molecular weight excluding hydrogens is 255 g/mol. The molecule has 0 aromatic heterocycles. The topological polar surface area (TPSA) is 26.3 Å². The van der Waals surface area contributed by atoms with Crippen LogP contribution in [0.4, 0.5) is 4.39 Å². The second kappa shape index (κ2) is 6.33. The molecule has 0 aliphatic heterocycles. The molecule has 0 saturated heterocycles. The van der Waals surface area contributed by atoms with Crippen molar-refractivity contribution in [3.05, 3.63) is 65.5 Å². The molecular formula is C17H17FO2. The molecule has 0 radical (unpaired) electrons. The molecule has 3 heteroatoms. The molecule has 0 heterocycles. The first-order valence-electron chi connectivity index (χ1n) is 6.59. The number of carbonyl (C=O) groups is 1. The molecule has 0 atom stereocenters. The Hall–Kier alpha value is -2.16. The van der Waals surface area contributed by atoms with E-state index in [1.807, 2.05) is 13.8 Å². The van der Waals surface area contributed by atoms with Gasteiger partial charge in [-0.2, -0.15) is 0 Å². The minimum Gasteiger partial charge on any atom is -0.491 e. The predicted molar refractivity (Wildman–Crippen MR) is 76.6 cm³/mol. The number of Topliss-reactive ketones (excluding diaryl/α,β-unsaturated/α-hetero) is 1. The average Bonchev–Trinajstić information content (AvgIpc) is 2.41. The normalized spacial score (nSPS) is 10.6. The highest BCUT2D eigenvalue weighted by Gasteiger charge is 2.08. The van der Waals surface area contributed by atoms with Crippen LogP contribution >= 0.6 is 0 Å². The van der Waals surface area contributed by atoms with Gasteiger partial charge in [-0.25, -0.2) is 4.39 Å². The molecule has 2 aromatic rings. The maximum absolute atomic E-state index is 12.8. The second-order valence-electron chi connectivity index (χ2n) is 4.92. The van der Waals surface area contributed by atoms with Crippen molar-refractivity contribution < 1.29 is 13.9 Å². The van der Waals surface area contributed by atoms with E-state index in [1.165, 1.54) is 12.1 Å². The quantitative estimate of drug-likeness (QED) is 0.768. The minimum absolute atomic E-state index is 0.00713. The first-order chi connectivity index (χ1) is 9.54. The summed E-state index contributed by atoms with van der Waals surface area (Å²) >= 11 is 0. The lowest BCUT2D eigenvalue weighted by Crippen LogP contribution is -2.06. The zero-order chi connectivity index (χ0) is 14.5. The Balaban J connectivity index is 2.03. The van der Waals surface area contributed by atoms with Crippen molar-refractivity contribution in [3.63, 3.8) is 0 Å². The highest BCUT2D eigenvalue weighted by atomic mass is 19.1. The summed E-state index contributed by atoms with van der Waals surface area (Å²) < 4.78 is 18.3. The van der Waals surface area contributed by atoms with Gasteiger partial charge in [-0.3, -0.25) is 4.79 Å². The van der Waals surface area contributed by atoms with Crippen LogP contribution in [0.3, 0.4) is 0 Å². The highest BCUT2D eigenvalue weighted by molar-refractivity contribution is 5.97. The van der Waals surface area contributed by atoms with Crippen LogP contribution < -0.4 is 4.74 Å². The number of ketones is 1. The molecule has 0 aliphatic rings. The molecule has 0 bridgehead atoms. The summed E-state index contributed by atoms with van der Waals surface area (Å²) in [5.41, 5.74) is 1.43. The van der Waals surface area contributed by atoms with Gasteiger partial charge >= 0.3 is 0 Å². The molecule has 0 unspecified atom stereocenters. The Labute approximate surface area is 118 Å². The number of hydrogen-bond acceptors (Lipinski definition) is 2. The van der Waals surface area contributed by atoms with E-state index in [0.29, 0.717) is 5.56 Å². The predicted octanol–water partition coefficient (Wildman–Crippen LogP) is 4.04. The van der Waals surface area contributed by atoms with Gasteiger partial charge in [0.25, 0.3) is 0 Å². The van der Waals surface area contributed by atoms with Crippen molar-refractivity contribution in [2.45, 2.75) is 26.4 Å². The van der Waals surface area contributed by atoms with Gasteiger partial charge < -0.3 is 4.74 Å². The maximum atomic E-state index is 12.8. The zero-order valence-corrected chi connectivity index (χ0v) is 11.6. The third kappa shape index (κ3) is 3.92. The molecule has 0 spiro atoms. The lowest BCUT2D eigenvalue weighted by molar-refractivity contribution is 0.0993. The molecule has 0 fully saturated rings. The van der Waals surface area contributed by atoms with Gasteiger partial charge in [-0.15, -0.1) is 0 Å². The molecule has 2 nitrogen and oxygen atoms in total. The van der Waals surface area contributed by atoms with Gasteiger partial charge in [-0.1, -0.05) is 12.1 Å². The third-order valence-electron chi connectivity index (χ3n) is 2.83. The van der Waals surface area contributed by atoms with E-state index in [2.05, 4.69) is 0 Å². The van der Waals surface area contributed by atoms with E-state index in [0.717, 1.165) is 11.3 Å². The van der Waals surface area contributed by atoms with E-state index < -0.39 is 0 Å². The number of hydrogen-bond donors (Lipinski definition) is 0. The van der Waals surface area contributed by atoms with E-state index in [-0.39, 0.29) is 24.1 Å². The number of carbonyl (C=O) groups excluding carboxylic acids is 1. The summed E-state index contributed by atoms with van der Waals surface area (Å²) in [5.74, 6) is 0.461. The monoisotopic (exact) mass is 272 g/mol. The second-order valence-corrected chi connectivity index (χ2v) is 4.92. The largest absolute Gasteiger partial charge is 0.491 e. The Kier molecular flexibility index (Phi) is 4.51. The fraction of sp³-hybridized carbons (Fsp3) is 0.235. The molecule has 20 heavy (non-hydrogen) atoms. The lowest BCUT2D eigenvalue weighted by Gasteiger charge is -2.09. The standard InChI is InChI=1S/C17H17FO2/c1-12(2)20-16-9-5-14(6-10-16)17(19)11-13-3-7-15(18)8-4-13/h3-10,12H,11H2,1-2H3. The average molecular weight is 272 g/mol. The summed E-state index contributed by atoms with van der Waals surface area (Å²) in [6, 6.07) is 13.1. The summed E-state index contributed by atoms with van der Waals surface area (Å²) in [7, 11) is 0. The molecule has 2 rings (SSSR count). The fourth-order valence-corrected chi connectivity index (χ4v) is 1.88. The number of halogens is 1. The van der Waals surface area contributed by atoms with Crippen LogP contribution in [0.1, 0.15) is 29.8 Å². The van der Waals surface area contributed by atoms with Gasteiger partial charge in [0.05, 0.1) is 6.10 Å². The third-order valence-corrected chi connectivity index (χ3v) is 2.83. The SMILES string of the molecule is CC(C)Oc1ccc(C(=O)Cc2ccc(F)cc2)cc1. The van der Waals surface area contributed by atoms with Crippen molar-refractivity contribution in [2.24, 2.45) is 0 Å². The molecule has 0 saturated carbocycles. The van der Waals surface area contributed by atoms with E-state index in [4.69, 9.17) is 4.74 Å². The van der Waals surface area contributed by atoms with Crippen molar-refractivity contribution in [1.29, 1.82) is 0 Å². The van der Waals surface area contributed by atoms with Gasteiger partial charge in [0.15, 0.2) is 5.78 Å². The van der Waals surface area contributed by atoms with Gasteiger partial charge in [-0.05, 0) is 55.8 Å². The van der Waals surface area contributed by atoms with Crippen LogP contribution in [-0.4, -0.2) is 11.9 Å². The smallest absolute Gasteiger partial charge is 0.167 e. The fourth-order valence-electron chi connectivity index (χ4n) is 1.88. The Bertz CT molecular complexity index is 571. The van der Waals surface area contributed by atoms with Crippen LogP contribution in [-0.2, 0) is 6.42 Å². The van der Waals surface area contributed by atoms with Crippen LogP contribution in [0.25, 0.3) is 0 Å².